The summed E-state index contributed by atoms with van der Waals surface area (Å²) in [6.45, 7) is 0. The van der Waals surface area contributed by atoms with Gasteiger partial charge in [-0.2, -0.15) is 0 Å². The quantitative estimate of drug-likeness (QED) is 0.698. The highest BCUT2D eigenvalue weighted by Crippen LogP contribution is 2.72. The van der Waals surface area contributed by atoms with E-state index in [-0.39, 0.29) is 17.2 Å². The van der Waals surface area contributed by atoms with E-state index in [1.54, 1.807) is 0 Å². The molecule has 0 saturated heterocycles. The minimum atomic E-state index is -1.09. The summed E-state index contributed by atoms with van der Waals surface area (Å²) in [5, 5.41) is 28.7. The molecule has 23 heavy (non-hydrogen) atoms. The van der Waals surface area contributed by atoms with Gasteiger partial charge >= 0.3 is 11.9 Å². The SMILES string of the molecule is O=C(O)C1CC(O)C2C(C(=O)O)C12CSc1ccc(F)c(Cl)c1. The predicted octanol–water partition coefficient (Wildman–Crippen LogP) is 2.35. The lowest BCUT2D eigenvalue weighted by Gasteiger charge is -2.21. The Balaban J connectivity index is 1.84. The van der Waals surface area contributed by atoms with Crippen molar-refractivity contribution in [3.63, 3.8) is 0 Å². The summed E-state index contributed by atoms with van der Waals surface area (Å²) in [7, 11) is 0. The first-order valence-electron chi connectivity index (χ1n) is 7.00. The van der Waals surface area contributed by atoms with Crippen LogP contribution in [0, 0.1) is 29.0 Å². The lowest BCUT2D eigenvalue weighted by Crippen LogP contribution is -2.29. The molecule has 3 rings (SSSR count). The van der Waals surface area contributed by atoms with Crippen LogP contribution < -0.4 is 0 Å². The minimum absolute atomic E-state index is 0.0455. The Kier molecular flexibility index (Phi) is 4.06. The van der Waals surface area contributed by atoms with E-state index in [2.05, 4.69) is 0 Å². The molecule has 8 heteroatoms. The van der Waals surface area contributed by atoms with Crippen molar-refractivity contribution in [3.05, 3.63) is 29.0 Å². The largest absolute Gasteiger partial charge is 0.481 e. The Hall–Kier alpha value is -1.31. The van der Waals surface area contributed by atoms with Gasteiger partial charge in [-0.1, -0.05) is 11.6 Å². The lowest BCUT2D eigenvalue weighted by atomic mass is 9.88. The molecular weight excluding hydrogens is 347 g/mol. The molecule has 0 bridgehead atoms. The van der Waals surface area contributed by atoms with Crippen LogP contribution in [0.3, 0.4) is 0 Å². The number of fused-ring (bicyclic) bond motifs is 1. The molecule has 0 aromatic heterocycles. The third-order valence-corrected chi connectivity index (χ3v) is 6.46. The second-order valence-electron chi connectivity index (χ2n) is 6.01. The Bertz CT molecular complexity index is 684. The highest BCUT2D eigenvalue weighted by Gasteiger charge is 2.78. The van der Waals surface area contributed by atoms with Crippen LogP contribution in [0.1, 0.15) is 6.42 Å². The number of thioether (sulfide) groups is 1. The van der Waals surface area contributed by atoms with Gasteiger partial charge in [-0.15, -0.1) is 11.8 Å². The molecule has 2 saturated carbocycles. The van der Waals surface area contributed by atoms with E-state index in [0.717, 1.165) is 0 Å². The molecule has 2 aliphatic carbocycles. The van der Waals surface area contributed by atoms with E-state index in [4.69, 9.17) is 11.6 Å². The number of halogens is 2. The molecule has 0 amide bonds. The number of hydrogen-bond donors (Lipinski definition) is 3. The van der Waals surface area contributed by atoms with Crippen molar-refractivity contribution < 1.29 is 29.3 Å². The maximum atomic E-state index is 13.2. The average Bonchev–Trinajstić information content (AvgIpc) is 3.07. The van der Waals surface area contributed by atoms with E-state index >= 15 is 0 Å². The van der Waals surface area contributed by atoms with Crippen LogP contribution in [0.5, 0.6) is 0 Å². The zero-order valence-corrected chi connectivity index (χ0v) is 13.4. The van der Waals surface area contributed by atoms with Gasteiger partial charge in [-0.25, -0.2) is 4.39 Å². The molecule has 0 heterocycles. The van der Waals surface area contributed by atoms with Crippen molar-refractivity contribution in [1.82, 2.24) is 0 Å². The molecule has 1 aromatic carbocycles. The van der Waals surface area contributed by atoms with Gasteiger partial charge in [0.1, 0.15) is 5.82 Å². The number of aliphatic hydroxyl groups excluding tert-OH is 1. The molecule has 5 atom stereocenters. The Labute approximate surface area is 140 Å². The first-order chi connectivity index (χ1) is 10.8. The van der Waals surface area contributed by atoms with Crippen molar-refractivity contribution in [1.29, 1.82) is 0 Å². The van der Waals surface area contributed by atoms with Crippen LogP contribution in [0.15, 0.2) is 23.1 Å². The highest BCUT2D eigenvalue weighted by molar-refractivity contribution is 7.99. The lowest BCUT2D eigenvalue weighted by molar-refractivity contribution is -0.146. The van der Waals surface area contributed by atoms with Crippen molar-refractivity contribution in [3.8, 4) is 0 Å². The summed E-state index contributed by atoms with van der Waals surface area (Å²) in [5.74, 6) is -4.82. The van der Waals surface area contributed by atoms with Gasteiger partial charge in [-0.3, -0.25) is 9.59 Å². The maximum absolute atomic E-state index is 13.2. The van der Waals surface area contributed by atoms with Crippen LogP contribution in [-0.4, -0.2) is 39.1 Å². The molecule has 5 unspecified atom stereocenters. The van der Waals surface area contributed by atoms with Crippen molar-refractivity contribution in [2.75, 3.05) is 5.75 Å². The summed E-state index contributed by atoms with van der Waals surface area (Å²) in [6.07, 6.45) is -0.858. The molecule has 2 aliphatic rings. The topological polar surface area (TPSA) is 94.8 Å². The number of aliphatic carboxylic acids is 2. The molecule has 0 spiro atoms. The number of hydrogen-bond acceptors (Lipinski definition) is 4. The third kappa shape index (κ3) is 2.51. The minimum Gasteiger partial charge on any atom is -0.481 e. The average molecular weight is 361 g/mol. The smallest absolute Gasteiger partial charge is 0.307 e. The molecule has 0 aliphatic heterocycles. The van der Waals surface area contributed by atoms with Gasteiger partial charge in [0, 0.05) is 22.0 Å². The predicted molar refractivity (Wildman–Crippen MR) is 80.9 cm³/mol. The molecule has 1 aromatic rings. The second kappa shape index (κ2) is 5.65. The van der Waals surface area contributed by atoms with Crippen LogP contribution in [-0.2, 0) is 9.59 Å². The standard InChI is InChI=1S/C15H14ClFO5S/c16-8-3-6(1-2-9(8)17)23-5-15-7(13(19)20)4-10(18)11(15)12(15)14(21)22/h1-3,7,10-12,18H,4-5H2,(H,19,20)(H,21,22). The number of aliphatic hydroxyl groups is 1. The fourth-order valence-corrected chi connectivity index (χ4v) is 5.50. The Morgan fingerprint density at radius 3 is 2.57 bits per heavy atom. The normalized spacial score (nSPS) is 34.9. The number of carbonyl (C=O) groups is 2. The Morgan fingerprint density at radius 2 is 2.04 bits per heavy atom. The fraction of sp³-hybridized carbons (Fsp3) is 0.467. The summed E-state index contributed by atoms with van der Waals surface area (Å²) in [6, 6.07) is 4.14. The second-order valence-corrected chi connectivity index (χ2v) is 7.47. The highest BCUT2D eigenvalue weighted by atomic mass is 35.5. The number of carboxylic acid groups (broad SMARTS) is 2. The van der Waals surface area contributed by atoms with Gasteiger partial charge in [0.15, 0.2) is 0 Å². The van der Waals surface area contributed by atoms with Crippen molar-refractivity contribution >= 4 is 35.3 Å². The van der Waals surface area contributed by atoms with Crippen molar-refractivity contribution in [2.24, 2.45) is 23.2 Å². The monoisotopic (exact) mass is 360 g/mol. The van der Waals surface area contributed by atoms with E-state index in [0.29, 0.717) is 4.90 Å². The molecule has 0 radical (unpaired) electrons. The first kappa shape index (κ1) is 16.5. The fourth-order valence-electron chi connectivity index (χ4n) is 3.90. The molecule has 2 fully saturated rings. The van der Waals surface area contributed by atoms with Gasteiger partial charge in [0.2, 0.25) is 0 Å². The zero-order chi connectivity index (χ0) is 16.9. The summed E-state index contributed by atoms with van der Waals surface area (Å²) in [5.41, 5.74) is -0.970. The maximum Gasteiger partial charge on any atom is 0.307 e. The summed E-state index contributed by atoms with van der Waals surface area (Å²) < 4.78 is 13.2. The van der Waals surface area contributed by atoms with Crippen molar-refractivity contribution in [2.45, 2.75) is 17.4 Å². The van der Waals surface area contributed by atoms with Crippen LogP contribution in [0.25, 0.3) is 0 Å². The van der Waals surface area contributed by atoms with Crippen LogP contribution in [0.4, 0.5) is 4.39 Å². The number of carboxylic acids is 2. The Morgan fingerprint density at radius 1 is 1.35 bits per heavy atom. The molecule has 3 N–H and O–H groups in total. The van der Waals surface area contributed by atoms with Gasteiger partial charge in [-0.05, 0) is 24.6 Å². The van der Waals surface area contributed by atoms with Gasteiger partial charge in [0.05, 0.1) is 23.0 Å². The number of benzene rings is 1. The molecule has 124 valence electrons. The van der Waals surface area contributed by atoms with Gasteiger partial charge < -0.3 is 15.3 Å². The molecular formula is C15H14ClFO5S. The summed E-state index contributed by atoms with van der Waals surface area (Å²) >= 11 is 6.96. The first-order valence-corrected chi connectivity index (χ1v) is 8.37. The number of rotatable bonds is 5. The summed E-state index contributed by atoms with van der Waals surface area (Å²) in [4.78, 5) is 23.5. The third-order valence-electron chi connectivity index (χ3n) is 4.93. The van der Waals surface area contributed by atoms with E-state index in [1.807, 2.05) is 0 Å². The van der Waals surface area contributed by atoms with E-state index < -0.39 is 47.0 Å². The van der Waals surface area contributed by atoms with Crippen LogP contribution >= 0.6 is 23.4 Å². The molecule has 5 nitrogen and oxygen atoms in total. The zero-order valence-electron chi connectivity index (χ0n) is 11.8. The van der Waals surface area contributed by atoms with E-state index in [1.165, 1.54) is 30.0 Å². The van der Waals surface area contributed by atoms with Crippen LogP contribution in [0.2, 0.25) is 5.02 Å². The van der Waals surface area contributed by atoms with Gasteiger partial charge in [0.25, 0.3) is 0 Å². The van der Waals surface area contributed by atoms with E-state index in [9.17, 15) is 29.3 Å².